The van der Waals surface area contributed by atoms with Crippen molar-refractivity contribution in [3.8, 4) is 0 Å². The van der Waals surface area contributed by atoms with Crippen LogP contribution in [0, 0.1) is 5.92 Å². The molecular weight excluding hydrogens is 208 g/mol. The molecule has 17 heavy (non-hydrogen) atoms. The molecule has 0 aromatic carbocycles. The van der Waals surface area contributed by atoms with Crippen LogP contribution in [-0.2, 0) is 0 Å². The maximum absolute atomic E-state index is 3.65. The van der Waals surface area contributed by atoms with Crippen molar-refractivity contribution in [2.24, 2.45) is 5.92 Å². The molecule has 0 amide bonds. The lowest BCUT2D eigenvalue weighted by atomic mass is 9.70. The summed E-state index contributed by atoms with van der Waals surface area (Å²) >= 11 is 0. The van der Waals surface area contributed by atoms with Gasteiger partial charge in [0.25, 0.3) is 0 Å². The molecule has 0 radical (unpaired) electrons. The minimum atomic E-state index is 0.393. The summed E-state index contributed by atoms with van der Waals surface area (Å²) in [4.78, 5) is 2.51. The number of hydrogen-bond acceptors (Lipinski definition) is 2. The summed E-state index contributed by atoms with van der Waals surface area (Å²) in [7, 11) is 6.71. The van der Waals surface area contributed by atoms with Crippen LogP contribution in [0.1, 0.15) is 58.8 Å². The lowest BCUT2D eigenvalue weighted by Gasteiger charge is -2.51. The first-order valence-electron chi connectivity index (χ1n) is 7.47. The molecule has 1 atom stereocenters. The van der Waals surface area contributed by atoms with E-state index in [0.717, 1.165) is 5.92 Å². The molecule has 0 spiro atoms. The van der Waals surface area contributed by atoms with E-state index in [1.165, 1.54) is 44.9 Å². The van der Waals surface area contributed by atoms with Gasteiger partial charge in [0, 0.05) is 11.6 Å². The Kier molecular flexibility index (Phi) is 5.94. The van der Waals surface area contributed by atoms with Gasteiger partial charge in [0.1, 0.15) is 0 Å². The third-order valence-electron chi connectivity index (χ3n) is 5.02. The van der Waals surface area contributed by atoms with Gasteiger partial charge in [-0.2, -0.15) is 0 Å². The Bertz CT molecular complexity index is 203. The molecule has 1 N–H and O–H groups in total. The molecule has 0 aromatic heterocycles. The molecule has 0 aliphatic heterocycles. The van der Waals surface area contributed by atoms with Gasteiger partial charge >= 0.3 is 0 Å². The Labute approximate surface area is 108 Å². The first-order valence-corrected chi connectivity index (χ1v) is 7.47. The molecule has 2 nitrogen and oxygen atoms in total. The van der Waals surface area contributed by atoms with Crippen molar-refractivity contribution in [3.63, 3.8) is 0 Å². The second-order valence-electron chi connectivity index (χ2n) is 5.90. The fourth-order valence-electron chi connectivity index (χ4n) is 3.90. The van der Waals surface area contributed by atoms with Crippen LogP contribution in [0.5, 0.6) is 0 Å². The number of nitrogens with zero attached hydrogens (tertiary/aromatic N) is 1. The lowest BCUT2D eigenvalue weighted by molar-refractivity contribution is 0.0335. The van der Waals surface area contributed by atoms with Crippen molar-refractivity contribution in [1.82, 2.24) is 10.2 Å². The van der Waals surface area contributed by atoms with Gasteiger partial charge in [-0.25, -0.2) is 0 Å². The molecule has 1 saturated carbocycles. The first-order chi connectivity index (χ1) is 8.12. The topological polar surface area (TPSA) is 15.3 Å². The van der Waals surface area contributed by atoms with E-state index >= 15 is 0 Å². The lowest BCUT2D eigenvalue weighted by Crippen LogP contribution is -2.61. The van der Waals surface area contributed by atoms with Gasteiger partial charge in [-0.05, 0) is 39.9 Å². The zero-order valence-corrected chi connectivity index (χ0v) is 12.6. The number of rotatable bonds is 6. The quantitative estimate of drug-likeness (QED) is 0.766. The van der Waals surface area contributed by atoms with Gasteiger partial charge in [-0.1, -0.05) is 46.0 Å². The minimum absolute atomic E-state index is 0.393. The van der Waals surface area contributed by atoms with Gasteiger partial charge in [0.2, 0.25) is 0 Å². The second kappa shape index (κ2) is 6.75. The minimum Gasteiger partial charge on any atom is -0.315 e. The number of likely N-dealkylation sites (N-methyl/N-ethyl adjacent to an activating group) is 2. The fraction of sp³-hybridized carbons (Fsp3) is 1.00. The summed E-state index contributed by atoms with van der Waals surface area (Å²) < 4.78 is 0. The Morgan fingerprint density at radius 3 is 1.94 bits per heavy atom. The van der Waals surface area contributed by atoms with E-state index in [2.05, 4.69) is 45.2 Å². The van der Waals surface area contributed by atoms with Crippen LogP contribution in [0.25, 0.3) is 0 Å². The van der Waals surface area contributed by atoms with Gasteiger partial charge in [-0.3, -0.25) is 0 Å². The van der Waals surface area contributed by atoms with Crippen molar-refractivity contribution in [3.05, 3.63) is 0 Å². The number of nitrogens with one attached hydrogen (secondary N) is 1. The molecule has 1 aliphatic rings. The molecule has 102 valence electrons. The molecule has 0 heterocycles. The van der Waals surface area contributed by atoms with E-state index in [9.17, 15) is 0 Å². The standard InChI is InChI=1S/C15H32N2/c1-6-13(7-2)14(16-3)15(17(4)5)11-9-8-10-12-15/h13-14,16H,6-12H2,1-5H3. The van der Waals surface area contributed by atoms with Crippen LogP contribution < -0.4 is 5.32 Å². The van der Waals surface area contributed by atoms with Crippen LogP contribution >= 0.6 is 0 Å². The third-order valence-corrected chi connectivity index (χ3v) is 5.02. The highest BCUT2D eigenvalue weighted by Crippen LogP contribution is 2.38. The summed E-state index contributed by atoms with van der Waals surface area (Å²) in [5.41, 5.74) is 0.393. The molecule has 1 aliphatic carbocycles. The zero-order chi connectivity index (χ0) is 12.9. The Hall–Kier alpha value is -0.0800. The smallest absolute Gasteiger partial charge is 0.0359 e. The first kappa shape index (κ1) is 15.0. The third kappa shape index (κ3) is 3.03. The summed E-state index contributed by atoms with van der Waals surface area (Å²) in [5.74, 6) is 0.806. The predicted molar refractivity (Wildman–Crippen MR) is 76.4 cm³/mol. The van der Waals surface area contributed by atoms with Crippen LogP contribution in [0.4, 0.5) is 0 Å². The van der Waals surface area contributed by atoms with E-state index in [0.29, 0.717) is 11.6 Å². The normalized spacial score (nSPS) is 22.1. The number of hydrogen-bond donors (Lipinski definition) is 1. The SMILES string of the molecule is CCC(CC)C(NC)C1(N(C)C)CCCCC1. The Morgan fingerprint density at radius 1 is 1.06 bits per heavy atom. The van der Waals surface area contributed by atoms with Gasteiger partial charge < -0.3 is 10.2 Å². The van der Waals surface area contributed by atoms with E-state index in [1.54, 1.807) is 0 Å². The molecule has 0 saturated heterocycles. The molecule has 1 fully saturated rings. The summed E-state index contributed by atoms with van der Waals surface area (Å²) in [6.07, 6.45) is 9.53. The largest absolute Gasteiger partial charge is 0.315 e. The summed E-state index contributed by atoms with van der Waals surface area (Å²) in [6, 6.07) is 0.646. The maximum Gasteiger partial charge on any atom is 0.0359 e. The average molecular weight is 240 g/mol. The second-order valence-corrected chi connectivity index (χ2v) is 5.90. The molecular formula is C15H32N2. The van der Waals surface area contributed by atoms with Crippen molar-refractivity contribution in [2.45, 2.75) is 70.4 Å². The summed E-state index contributed by atoms with van der Waals surface area (Å²) in [5, 5.41) is 3.65. The summed E-state index contributed by atoms with van der Waals surface area (Å²) in [6.45, 7) is 4.68. The predicted octanol–water partition coefficient (Wildman–Crippen LogP) is 3.28. The molecule has 2 heteroatoms. The fourth-order valence-corrected chi connectivity index (χ4v) is 3.90. The Morgan fingerprint density at radius 2 is 1.59 bits per heavy atom. The average Bonchev–Trinajstić information content (AvgIpc) is 2.36. The van der Waals surface area contributed by atoms with Gasteiger partial charge in [0.05, 0.1) is 0 Å². The zero-order valence-electron chi connectivity index (χ0n) is 12.6. The highest BCUT2D eigenvalue weighted by molar-refractivity contribution is 5.02. The van der Waals surface area contributed by atoms with Gasteiger partial charge in [-0.15, -0.1) is 0 Å². The van der Waals surface area contributed by atoms with Crippen molar-refractivity contribution >= 4 is 0 Å². The Balaban J connectivity index is 2.92. The molecule has 0 aromatic rings. The monoisotopic (exact) mass is 240 g/mol. The van der Waals surface area contributed by atoms with Crippen LogP contribution in [0.3, 0.4) is 0 Å². The van der Waals surface area contributed by atoms with Crippen LogP contribution in [0.2, 0.25) is 0 Å². The van der Waals surface area contributed by atoms with E-state index in [-0.39, 0.29) is 0 Å². The van der Waals surface area contributed by atoms with E-state index in [4.69, 9.17) is 0 Å². The van der Waals surface area contributed by atoms with Crippen molar-refractivity contribution in [2.75, 3.05) is 21.1 Å². The van der Waals surface area contributed by atoms with E-state index < -0.39 is 0 Å². The van der Waals surface area contributed by atoms with Crippen molar-refractivity contribution in [1.29, 1.82) is 0 Å². The van der Waals surface area contributed by atoms with Crippen LogP contribution in [0.15, 0.2) is 0 Å². The molecule has 1 rings (SSSR count). The van der Waals surface area contributed by atoms with Crippen molar-refractivity contribution < 1.29 is 0 Å². The molecule has 1 unspecified atom stereocenters. The molecule has 0 bridgehead atoms. The van der Waals surface area contributed by atoms with Gasteiger partial charge in [0.15, 0.2) is 0 Å². The highest BCUT2D eigenvalue weighted by atomic mass is 15.2. The maximum atomic E-state index is 3.65. The van der Waals surface area contributed by atoms with Crippen LogP contribution in [-0.4, -0.2) is 37.6 Å². The highest BCUT2D eigenvalue weighted by Gasteiger charge is 2.43. The van der Waals surface area contributed by atoms with E-state index in [1.807, 2.05) is 0 Å².